The second-order valence-electron chi connectivity index (χ2n) is 38.5. The van der Waals surface area contributed by atoms with Crippen molar-refractivity contribution in [2.24, 2.45) is 0 Å². The standard InChI is InChI=1S/C114H100BN3/c1-110(2,3)79-56-59-102-98(68-79)93-44-24-25-53-101(93)116(102)84-69-105-107-106(70-84)118(109-96(91-47-28-38-73-34-18-22-42-87(73)91)51-31-52-97(109)92-48-29-39-74-35-19-23-43-88(74)92)104-58-55-76(78-62-82(113(10,11)12)67-83(63-78)114(13,14)15)65-100(104)115(107)99-64-75(77-60-80(111(4,5)6)66-81(61-77)112(7,8)9)54-57-103(99)117(105)108-94(89-45-26-36-71-32-16-20-40-85(71)89)49-30-50-95(108)90-46-27-37-72-33-17-21-41-86(72)90/h16-70H,1-15H3. The summed E-state index contributed by atoms with van der Waals surface area (Å²) in [6.45, 7) is 35.1. The van der Waals surface area contributed by atoms with Gasteiger partial charge >= 0.3 is 0 Å². The third kappa shape index (κ3) is 12.4. The molecule has 3 nitrogen and oxygen atoms in total. The van der Waals surface area contributed by atoms with Gasteiger partial charge in [-0.3, -0.25) is 0 Å². The Morgan fingerprint density at radius 3 is 0.873 bits per heavy atom. The van der Waals surface area contributed by atoms with Crippen molar-refractivity contribution in [3.63, 3.8) is 0 Å². The third-order valence-corrected chi connectivity index (χ3v) is 25.7. The van der Waals surface area contributed by atoms with Crippen LogP contribution in [0.1, 0.15) is 132 Å². The number of aromatic nitrogens is 1. The van der Waals surface area contributed by atoms with Crippen molar-refractivity contribution in [1.29, 1.82) is 0 Å². The van der Waals surface area contributed by atoms with E-state index in [4.69, 9.17) is 0 Å². The van der Waals surface area contributed by atoms with Crippen molar-refractivity contribution in [1.82, 2.24) is 4.57 Å². The van der Waals surface area contributed by atoms with Gasteiger partial charge in [0, 0.05) is 55.8 Å². The van der Waals surface area contributed by atoms with Gasteiger partial charge < -0.3 is 14.4 Å². The molecule has 0 bridgehead atoms. The minimum absolute atomic E-state index is 0.100. The van der Waals surface area contributed by atoms with E-state index in [1.54, 1.807) is 0 Å². The molecule has 0 saturated heterocycles. The third-order valence-electron chi connectivity index (χ3n) is 25.7. The van der Waals surface area contributed by atoms with Crippen LogP contribution in [0.3, 0.4) is 0 Å². The van der Waals surface area contributed by atoms with Gasteiger partial charge in [-0.1, -0.05) is 395 Å². The van der Waals surface area contributed by atoms with Crippen molar-refractivity contribution >= 4 is 122 Å². The zero-order valence-electron chi connectivity index (χ0n) is 70.7. The Labute approximate surface area is 696 Å². The Morgan fingerprint density at radius 2 is 0.517 bits per heavy atom. The first-order valence-electron chi connectivity index (χ1n) is 42.3. The molecule has 0 aliphatic carbocycles. The van der Waals surface area contributed by atoms with Gasteiger partial charge in [-0.05, 0) is 201 Å². The zero-order chi connectivity index (χ0) is 81.2. The first-order valence-corrected chi connectivity index (χ1v) is 42.3. The van der Waals surface area contributed by atoms with Crippen LogP contribution in [-0.4, -0.2) is 11.3 Å². The molecule has 0 fully saturated rings. The summed E-state index contributed by atoms with van der Waals surface area (Å²) in [5.41, 5.74) is 33.7. The summed E-state index contributed by atoms with van der Waals surface area (Å²) < 4.78 is 2.60. The van der Waals surface area contributed by atoms with Crippen molar-refractivity contribution < 1.29 is 0 Å². The lowest BCUT2D eigenvalue weighted by atomic mass is 9.33. The molecular formula is C114H100BN3. The molecule has 20 rings (SSSR count). The Balaban J connectivity index is 1.02. The number of hydrogen-bond acceptors (Lipinski definition) is 2. The van der Waals surface area contributed by atoms with Crippen LogP contribution < -0.4 is 26.2 Å². The fraction of sp³-hybridized carbons (Fsp3) is 0.175. The highest BCUT2D eigenvalue weighted by Crippen LogP contribution is 2.57. The number of benzene rings is 17. The second-order valence-corrected chi connectivity index (χ2v) is 38.5. The predicted molar refractivity (Wildman–Crippen MR) is 511 cm³/mol. The monoisotopic (exact) mass is 1520 g/mol. The van der Waals surface area contributed by atoms with E-state index in [-0.39, 0.29) is 33.8 Å². The number of rotatable bonds is 9. The maximum absolute atomic E-state index is 2.77. The summed E-state index contributed by atoms with van der Waals surface area (Å²) in [6, 6.07) is 130. The molecule has 1 aromatic heterocycles. The van der Waals surface area contributed by atoms with Crippen LogP contribution in [0.25, 0.3) is 137 Å². The molecule has 0 spiro atoms. The normalized spacial score (nSPS) is 13.2. The summed E-state index contributed by atoms with van der Waals surface area (Å²) in [7, 11) is 0. The lowest BCUT2D eigenvalue weighted by Gasteiger charge is -2.46. The first kappa shape index (κ1) is 74.1. The summed E-state index contributed by atoms with van der Waals surface area (Å²) in [5.74, 6) is 0. The van der Waals surface area contributed by atoms with Crippen molar-refractivity contribution in [3.05, 3.63) is 361 Å². The van der Waals surface area contributed by atoms with E-state index < -0.39 is 0 Å². The SMILES string of the molecule is CC(C)(C)c1cc(-c2ccc3c(c2)B2c4cc(-c5cc(C(C)(C)C)cc(C(C)(C)C)c5)ccc4N(c4c(-c5cccc6ccccc56)cccc4-c4cccc5ccccc45)c4cc(-n5c6ccccc6c6cc(C(C)(C)C)ccc65)cc(c42)N3c2c(-c3cccc4ccccc34)cccc2-c2cccc3ccccc23)cc(C(C)(C)C)c1. The van der Waals surface area contributed by atoms with Crippen LogP contribution in [0, 0.1) is 0 Å². The average Bonchev–Trinajstić information content (AvgIpc) is 0.833. The van der Waals surface area contributed by atoms with Crippen molar-refractivity contribution in [2.75, 3.05) is 9.80 Å². The Morgan fingerprint density at radius 1 is 0.212 bits per heavy atom. The predicted octanol–water partition coefficient (Wildman–Crippen LogP) is 30.0. The number of anilines is 6. The molecule has 0 unspecified atom stereocenters. The van der Waals surface area contributed by atoms with Gasteiger partial charge in [-0.2, -0.15) is 0 Å². The minimum atomic E-state index is -0.346. The maximum Gasteiger partial charge on any atom is 0.252 e. The number of fused-ring (bicyclic) bond motifs is 11. The molecule has 0 atom stereocenters. The van der Waals surface area contributed by atoms with Crippen LogP contribution in [0.4, 0.5) is 34.1 Å². The quantitative estimate of drug-likeness (QED) is 0.133. The summed E-state index contributed by atoms with van der Waals surface area (Å²) in [4.78, 5) is 5.53. The zero-order valence-corrected chi connectivity index (χ0v) is 70.7. The first-order chi connectivity index (χ1) is 56.7. The molecule has 18 aromatic rings. The second kappa shape index (κ2) is 27.4. The summed E-state index contributed by atoms with van der Waals surface area (Å²) in [5, 5.41) is 12.0. The Kier molecular flexibility index (Phi) is 17.2. The Hall–Kier alpha value is -12.8. The van der Waals surface area contributed by atoms with Crippen LogP contribution in [0.5, 0.6) is 0 Å². The van der Waals surface area contributed by atoms with Gasteiger partial charge in [0.25, 0.3) is 6.71 Å². The lowest BCUT2D eigenvalue weighted by Crippen LogP contribution is -2.61. The van der Waals surface area contributed by atoms with Crippen molar-refractivity contribution in [3.8, 4) is 72.4 Å². The number of para-hydroxylation sites is 3. The molecular weight excluding hydrogens is 1420 g/mol. The van der Waals surface area contributed by atoms with E-state index >= 15 is 0 Å². The molecule has 17 aromatic carbocycles. The van der Waals surface area contributed by atoms with Crippen LogP contribution in [0.15, 0.2) is 334 Å². The topological polar surface area (TPSA) is 11.4 Å². The fourth-order valence-electron chi connectivity index (χ4n) is 19.3. The highest BCUT2D eigenvalue weighted by molar-refractivity contribution is 7.00. The van der Waals surface area contributed by atoms with Crippen LogP contribution in [0.2, 0.25) is 0 Å². The molecule has 0 saturated carbocycles. The largest absolute Gasteiger partial charge is 0.310 e. The lowest BCUT2D eigenvalue weighted by molar-refractivity contribution is 0.568. The average molecular weight is 1520 g/mol. The van der Waals surface area contributed by atoms with E-state index in [0.29, 0.717) is 0 Å². The molecule has 0 amide bonds. The van der Waals surface area contributed by atoms with Gasteiger partial charge in [0.05, 0.1) is 28.1 Å². The highest BCUT2D eigenvalue weighted by Gasteiger charge is 2.47. The molecule has 3 heterocycles. The van der Waals surface area contributed by atoms with E-state index in [1.807, 2.05) is 0 Å². The van der Waals surface area contributed by atoms with Gasteiger partial charge in [0.1, 0.15) is 0 Å². The molecule has 2 aliphatic heterocycles. The van der Waals surface area contributed by atoms with E-state index in [0.717, 1.165) is 73.1 Å². The molecule has 0 N–H and O–H groups in total. The summed E-state index contributed by atoms with van der Waals surface area (Å²) in [6.07, 6.45) is 0. The van der Waals surface area contributed by atoms with Crippen LogP contribution in [-0.2, 0) is 27.1 Å². The van der Waals surface area contributed by atoms with Gasteiger partial charge in [-0.15, -0.1) is 0 Å². The van der Waals surface area contributed by atoms with Crippen molar-refractivity contribution in [2.45, 2.75) is 131 Å². The molecule has 4 heteroatoms. The molecule has 574 valence electrons. The van der Waals surface area contributed by atoms with Gasteiger partial charge in [0.2, 0.25) is 0 Å². The highest BCUT2D eigenvalue weighted by atomic mass is 15.2. The number of nitrogens with zero attached hydrogens (tertiary/aromatic N) is 3. The Bertz CT molecular complexity index is 6530. The summed E-state index contributed by atoms with van der Waals surface area (Å²) >= 11 is 0. The smallest absolute Gasteiger partial charge is 0.252 e. The van der Waals surface area contributed by atoms with E-state index in [2.05, 4.69) is 452 Å². The molecule has 118 heavy (non-hydrogen) atoms. The molecule has 0 radical (unpaired) electrons. The van der Waals surface area contributed by atoms with Gasteiger partial charge in [-0.25, -0.2) is 0 Å². The fourth-order valence-corrected chi connectivity index (χ4v) is 19.3. The van der Waals surface area contributed by atoms with Gasteiger partial charge in [0.15, 0.2) is 0 Å². The van der Waals surface area contributed by atoms with E-state index in [1.165, 1.54) is 143 Å². The molecule has 2 aliphatic rings. The van der Waals surface area contributed by atoms with Crippen LogP contribution >= 0.6 is 0 Å². The maximum atomic E-state index is 2.77. The minimum Gasteiger partial charge on any atom is -0.310 e. The van der Waals surface area contributed by atoms with E-state index in [9.17, 15) is 0 Å². The number of hydrogen-bond donors (Lipinski definition) is 0.